The molecule has 1 aliphatic heterocycles. The van der Waals surface area contributed by atoms with Gasteiger partial charge in [0.1, 0.15) is 5.82 Å². The van der Waals surface area contributed by atoms with Gasteiger partial charge in [-0.2, -0.15) is 0 Å². The van der Waals surface area contributed by atoms with E-state index in [0.717, 1.165) is 42.5 Å². The summed E-state index contributed by atoms with van der Waals surface area (Å²) in [6.45, 7) is 2.02. The maximum atomic E-state index is 10.8. The van der Waals surface area contributed by atoms with E-state index >= 15 is 0 Å². The molecule has 0 bridgehead atoms. The van der Waals surface area contributed by atoms with Gasteiger partial charge in [0.25, 0.3) is 5.69 Å². The molecule has 0 radical (unpaired) electrons. The maximum Gasteiger partial charge on any atom is 0.270 e. The molecule has 1 aliphatic rings. The van der Waals surface area contributed by atoms with Crippen molar-refractivity contribution in [3.05, 3.63) is 40.6 Å². The largest absolute Gasteiger partial charge is 0.367 e. The lowest BCUT2D eigenvalue weighted by Gasteiger charge is -2.24. The lowest BCUT2D eigenvalue weighted by Crippen LogP contribution is -2.35. The van der Waals surface area contributed by atoms with E-state index in [2.05, 4.69) is 15.6 Å². The van der Waals surface area contributed by atoms with Crippen LogP contribution in [0.1, 0.15) is 12.8 Å². The third-order valence-electron chi connectivity index (χ3n) is 3.64. The van der Waals surface area contributed by atoms with Crippen molar-refractivity contribution in [1.29, 1.82) is 0 Å². The van der Waals surface area contributed by atoms with Crippen LogP contribution in [0.2, 0.25) is 0 Å². The van der Waals surface area contributed by atoms with E-state index in [1.54, 1.807) is 24.4 Å². The number of nitrogens with zero attached hydrogens (tertiary/aromatic N) is 2. The van der Waals surface area contributed by atoms with Crippen LogP contribution < -0.4 is 10.6 Å². The second kappa shape index (κ2) is 5.42. The van der Waals surface area contributed by atoms with Gasteiger partial charge in [-0.3, -0.25) is 10.1 Å². The first-order valence-electron chi connectivity index (χ1n) is 6.74. The minimum absolute atomic E-state index is 0.108. The summed E-state index contributed by atoms with van der Waals surface area (Å²) in [5.41, 5.74) is 0.108. The predicted molar refractivity (Wildman–Crippen MR) is 77.9 cm³/mol. The Labute approximate surface area is 116 Å². The van der Waals surface area contributed by atoms with E-state index < -0.39 is 0 Å². The Kier molecular flexibility index (Phi) is 3.47. The molecule has 0 saturated carbocycles. The lowest BCUT2D eigenvalue weighted by molar-refractivity contribution is -0.384. The SMILES string of the molecule is O=[N+]([O-])c1ccc2c(NC3CCNCC3)nccc2c1. The molecule has 1 aromatic carbocycles. The average Bonchev–Trinajstić information content (AvgIpc) is 2.48. The molecule has 0 amide bonds. The maximum absolute atomic E-state index is 10.8. The number of nitro benzene ring substituents is 1. The fourth-order valence-corrected chi connectivity index (χ4v) is 2.55. The van der Waals surface area contributed by atoms with Gasteiger partial charge in [0.05, 0.1) is 4.92 Å². The van der Waals surface area contributed by atoms with Crippen LogP contribution in [-0.2, 0) is 0 Å². The van der Waals surface area contributed by atoms with E-state index in [0.29, 0.717) is 6.04 Å². The summed E-state index contributed by atoms with van der Waals surface area (Å²) in [7, 11) is 0. The number of rotatable bonds is 3. The van der Waals surface area contributed by atoms with Crippen LogP contribution in [0.25, 0.3) is 10.8 Å². The van der Waals surface area contributed by atoms with Gasteiger partial charge in [-0.05, 0) is 43.5 Å². The van der Waals surface area contributed by atoms with Crippen molar-refractivity contribution in [2.45, 2.75) is 18.9 Å². The number of pyridine rings is 1. The van der Waals surface area contributed by atoms with Crippen molar-refractivity contribution in [2.24, 2.45) is 0 Å². The van der Waals surface area contributed by atoms with E-state index in [-0.39, 0.29) is 10.6 Å². The van der Waals surface area contributed by atoms with Crippen LogP contribution in [-0.4, -0.2) is 29.0 Å². The highest BCUT2D eigenvalue weighted by atomic mass is 16.6. The minimum atomic E-state index is -0.375. The summed E-state index contributed by atoms with van der Waals surface area (Å²) in [5.74, 6) is 0.810. The Morgan fingerprint density at radius 1 is 1.30 bits per heavy atom. The highest BCUT2D eigenvalue weighted by molar-refractivity contribution is 5.93. The van der Waals surface area contributed by atoms with Crippen molar-refractivity contribution in [1.82, 2.24) is 10.3 Å². The molecule has 0 atom stereocenters. The number of hydrogen-bond acceptors (Lipinski definition) is 5. The Morgan fingerprint density at radius 2 is 2.10 bits per heavy atom. The van der Waals surface area contributed by atoms with Gasteiger partial charge < -0.3 is 10.6 Å². The smallest absolute Gasteiger partial charge is 0.270 e. The zero-order chi connectivity index (χ0) is 13.9. The van der Waals surface area contributed by atoms with Crippen LogP contribution in [0.4, 0.5) is 11.5 Å². The summed E-state index contributed by atoms with van der Waals surface area (Å²) < 4.78 is 0. The number of piperidine rings is 1. The molecule has 2 aromatic rings. The summed E-state index contributed by atoms with van der Waals surface area (Å²) in [5, 5.41) is 19.4. The van der Waals surface area contributed by atoms with Crippen molar-refractivity contribution >= 4 is 22.3 Å². The van der Waals surface area contributed by atoms with Crippen molar-refractivity contribution < 1.29 is 4.92 Å². The molecule has 2 N–H and O–H groups in total. The molecule has 1 fully saturated rings. The molecule has 0 unspecified atom stereocenters. The molecule has 20 heavy (non-hydrogen) atoms. The van der Waals surface area contributed by atoms with Gasteiger partial charge in [-0.1, -0.05) is 0 Å². The summed E-state index contributed by atoms with van der Waals surface area (Å²) in [6, 6.07) is 7.09. The monoisotopic (exact) mass is 272 g/mol. The highest BCUT2D eigenvalue weighted by Gasteiger charge is 2.15. The predicted octanol–water partition coefficient (Wildman–Crippen LogP) is 2.31. The number of aromatic nitrogens is 1. The quantitative estimate of drug-likeness (QED) is 0.662. The van der Waals surface area contributed by atoms with Gasteiger partial charge in [0.15, 0.2) is 0 Å². The fourth-order valence-electron chi connectivity index (χ4n) is 2.55. The van der Waals surface area contributed by atoms with E-state index in [9.17, 15) is 10.1 Å². The number of nitrogens with one attached hydrogen (secondary N) is 2. The summed E-state index contributed by atoms with van der Waals surface area (Å²) in [6.07, 6.45) is 3.81. The lowest BCUT2D eigenvalue weighted by atomic mass is 10.1. The van der Waals surface area contributed by atoms with Crippen LogP contribution in [0.5, 0.6) is 0 Å². The van der Waals surface area contributed by atoms with Gasteiger partial charge in [-0.15, -0.1) is 0 Å². The molecule has 104 valence electrons. The molecule has 0 aliphatic carbocycles. The standard InChI is InChI=1S/C14H16N4O2/c19-18(20)12-1-2-13-10(9-12)3-8-16-14(13)17-11-4-6-15-7-5-11/h1-3,8-9,11,15H,4-7H2,(H,16,17). The first kappa shape index (κ1) is 12.8. The van der Waals surface area contributed by atoms with Crippen LogP contribution >= 0.6 is 0 Å². The molecule has 2 heterocycles. The van der Waals surface area contributed by atoms with Crippen LogP contribution in [0.3, 0.4) is 0 Å². The Morgan fingerprint density at radius 3 is 2.85 bits per heavy atom. The zero-order valence-electron chi connectivity index (χ0n) is 11.0. The average molecular weight is 272 g/mol. The van der Waals surface area contributed by atoms with Crippen molar-refractivity contribution in [3.63, 3.8) is 0 Å². The molecular formula is C14H16N4O2. The fraction of sp³-hybridized carbons (Fsp3) is 0.357. The molecular weight excluding hydrogens is 256 g/mol. The van der Waals surface area contributed by atoms with Gasteiger partial charge in [0.2, 0.25) is 0 Å². The first-order chi connectivity index (χ1) is 9.74. The second-order valence-electron chi connectivity index (χ2n) is 4.99. The van der Waals surface area contributed by atoms with Crippen LogP contribution in [0.15, 0.2) is 30.5 Å². The van der Waals surface area contributed by atoms with Crippen molar-refractivity contribution in [2.75, 3.05) is 18.4 Å². The summed E-state index contributed by atoms with van der Waals surface area (Å²) >= 11 is 0. The molecule has 1 saturated heterocycles. The topological polar surface area (TPSA) is 80.1 Å². The van der Waals surface area contributed by atoms with Gasteiger partial charge in [-0.25, -0.2) is 4.98 Å². The van der Waals surface area contributed by atoms with E-state index in [4.69, 9.17) is 0 Å². The van der Waals surface area contributed by atoms with Crippen LogP contribution in [0, 0.1) is 10.1 Å². The third kappa shape index (κ3) is 2.55. The van der Waals surface area contributed by atoms with Gasteiger partial charge >= 0.3 is 0 Å². The first-order valence-corrected chi connectivity index (χ1v) is 6.74. The molecule has 0 spiro atoms. The number of hydrogen-bond donors (Lipinski definition) is 2. The van der Waals surface area contributed by atoms with E-state index in [1.807, 2.05) is 0 Å². The number of non-ortho nitro benzene ring substituents is 1. The minimum Gasteiger partial charge on any atom is -0.367 e. The number of fused-ring (bicyclic) bond motifs is 1. The molecule has 6 heteroatoms. The second-order valence-corrected chi connectivity index (χ2v) is 4.99. The Bertz CT molecular complexity index is 638. The van der Waals surface area contributed by atoms with E-state index in [1.165, 1.54) is 6.07 Å². The Hall–Kier alpha value is -2.21. The Balaban J connectivity index is 1.92. The number of benzene rings is 1. The third-order valence-corrected chi connectivity index (χ3v) is 3.64. The molecule has 6 nitrogen and oxygen atoms in total. The number of anilines is 1. The van der Waals surface area contributed by atoms with Gasteiger partial charge in [0, 0.05) is 29.8 Å². The number of nitro groups is 1. The van der Waals surface area contributed by atoms with Crippen molar-refractivity contribution in [3.8, 4) is 0 Å². The zero-order valence-corrected chi connectivity index (χ0v) is 11.0. The molecule has 3 rings (SSSR count). The highest BCUT2D eigenvalue weighted by Crippen LogP contribution is 2.26. The normalized spacial score (nSPS) is 16.2. The summed E-state index contributed by atoms with van der Waals surface area (Å²) in [4.78, 5) is 14.8. The molecule has 1 aromatic heterocycles.